The van der Waals surface area contributed by atoms with Crippen molar-refractivity contribution < 1.29 is 28.3 Å². The molecule has 0 aliphatic heterocycles. The molecule has 0 radical (unpaired) electrons. The molecule has 0 fully saturated rings. The molecule has 1 atom stereocenters. The zero-order valence-electron chi connectivity index (χ0n) is 21.5. The molecule has 40 heavy (non-hydrogen) atoms. The third kappa shape index (κ3) is 5.39. The summed E-state index contributed by atoms with van der Waals surface area (Å²) < 4.78 is 33.8. The zero-order chi connectivity index (χ0) is 28.4. The van der Waals surface area contributed by atoms with Gasteiger partial charge in [-0.15, -0.1) is 0 Å². The summed E-state index contributed by atoms with van der Waals surface area (Å²) in [7, 11) is 0. The number of unbranched alkanes of at least 4 members (excludes halogenated alkanes) is 1. The molecule has 0 spiro atoms. The summed E-state index contributed by atoms with van der Waals surface area (Å²) in [5.41, 5.74) is 0.320. The van der Waals surface area contributed by atoms with E-state index < -0.39 is 23.2 Å². The number of hydrogen-bond donors (Lipinski definition) is 2. The third-order valence-electron chi connectivity index (χ3n) is 6.76. The molecule has 2 N–H and O–H groups in total. The Labute approximate surface area is 227 Å². The van der Waals surface area contributed by atoms with E-state index in [0.717, 1.165) is 0 Å². The van der Waals surface area contributed by atoms with E-state index in [1.807, 2.05) is 0 Å². The van der Waals surface area contributed by atoms with Crippen LogP contribution in [-0.4, -0.2) is 30.9 Å². The molecule has 0 saturated heterocycles. The van der Waals surface area contributed by atoms with Gasteiger partial charge in [0, 0.05) is 24.5 Å². The molecule has 0 saturated carbocycles. The fourth-order valence-corrected chi connectivity index (χ4v) is 4.53. The number of halogens is 2. The van der Waals surface area contributed by atoms with Crippen LogP contribution in [0.15, 0.2) is 82.1 Å². The lowest BCUT2D eigenvalue weighted by Gasteiger charge is -2.20. The fourth-order valence-electron chi connectivity index (χ4n) is 4.53. The zero-order valence-corrected chi connectivity index (χ0v) is 21.5. The Morgan fingerprint density at radius 1 is 0.975 bits per heavy atom. The van der Waals surface area contributed by atoms with Gasteiger partial charge in [0.1, 0.15) is 28.8 Å². The summed E-state index contributed by atoms with van der Waals surface area (Å²) in [5, 5.41) is 24.5. The first kappa shape index (κ1) is 26.9. The van der Waals surface area contributed by atoms with Gasteiger partial charge in [0.05, 0.1) is 16.6 Å². The Balaban J connectivity index is 1.54. The van der Waals surface area contributed by atoms with Crippen LogP contribution < -0.4 is 5.56 Å². The molecule has 8 nitrogen and oxygen atoms in total. The van der Waals surface area contributed by atoms with E-state index in [9.17, 15) is 23.5 Å². The maximum atomic E-state index is 13.6. The molecule has 0 unspecified atom stereocenters. The molecule has 0 aliphatic rings. The number of aliphatic hydroxyl groups is 1. The summed E-state index contributed by atoms with van der Waals surface area (Å²) in [4.78, 5) is 29.2. The number of aliphatic carboxylic acids is 1. The summed E-state index contributed by atoms with van der Waals surface area (Å²) in [6.07, 6.45) is 1.21. The van der Waals surface area contributed by atoms with Crippen LogP contribution in [0.1, 0.15) is 43.3 Å². The first-order valence-corrected chi connectivity index (χ1v) is 12.6. The van der Waals surface area contributed by atoms with E-state index in [2.05, 4.69) is 5.16 Å². The minimum Gasteiger partial charge on any atom is -0.481 e. The van der Waals surface area contributed by atoms with Gasteiger partial charge in [-0.25, -0.2) is 13.8 Å². The molecule has 5 aromatic rings. The first-order valence-electron chi connectivity index (χ1n) is 12.6. The van der Waals surface area contributed by atoms with Crippen molar-refractivity contribution in [2.75, 3.05) is 0 Å². The van der Waals surface area contributed by atoms with Crippen LogP contribution in [0, 0.1) is 11.6 Å². The Morgan fingerprint density at radius 2 is 1.65 bits per heavy atom. The van der Waals surface area contributed by atoms with Gasteiger partial charge in [0.25, 0.3) is 5.56 Å². The van der Waals surface area contributed by atoms with Gasteiger partial charge in [-0.05, 0) is 73.9 Å². The normalized spacial score (nSPS) is 12.9. The lowest BCUT2D eigenvalue weighted by atomic mass is 9.93. The second kappa shape index (κ2) is 10.8. The fraction of sp³-hybridized carbons (Fsp3) is 0.200. The van der Waals surface area contributed by atoms with Gasteiger partial charge in [-0.3, -0.25) is 14.2 Å². The number of aryl methyl sites for hydroxylation is 1. The molecule has 0 aliphatic carbocycles. The minimum atomic E-state index is -1.57. The molecule has 204 valence electrons. The number of fused-ring (bicyclic) bond motifs is 1. The molecular formula is C30H25F2N3O5. The monoisotopic (exact) mass is 545 g/mol. The summed E-state index contributed by atoms with van der Waals surface area (Å²) >= 11 is 0. The van der Waals surface area contributed by atoms with Gasteiger partial charge in [-0.2, -0.15) is 0 Å². The van der Waals surface area contributed by atoms with Gasteiger partial charge >= 0.3 is 5.97 Å². The number of carboxylic acid groups (broad SMARTS) is 1. The van der Waals surface area contributed by atoms with E-state index in [-0.39, 0.29) is 17.7 Å². The second-order valence-corrected chi connectivity index (χ2v) is 9.63. The highest BCUT2D eigenvalue weighted by Crippen LogP contribution is 2.32. The summed E-state index contributed by atoms with van der Waals surface area (Å²) in [5.74, 6) is -1.22. The number of nitrogens with zero attached hydrogens (tertiary/aromatic N) is 3. The van der Waals surface area contributed by atoms with E-state index in [0.29, 0.717) is 58.5 Å². The average molecular weight is 546 g/mol. The van der Waals surface area contributed by atoms with Crippen LogP contribution in [0.3, 0.4) is 0 Å². The van der Waals surface area contributed by atoms with Crippen LogP contribution >= 0.6 is 0 Å². The van der Waals surface area contributed by atoms with Crippen molar-refractivity contribution in [1.82, 2.24) is 14.7 Å². The second-order valence-electron chi connectivity index (χ2n) is 9.63. The van der Waals surface area contributed by atoms with E-state index in [1.54, 1.807) is 24.3 Å². The highest BCUT2D eigenvalue weighted by atomic mass is 19.1. The first-order chi connectivity index (χ1) is 19.1. The van der Waals surface area contributed by atoms with Gasteiger partial charge < -0.3 is 14.7 Å². The Morgan fingerprint density at radius 3 is 2.33 bits per heavy atom. The number of aromatic nitrogens is 3. The highest BCUT2D eigenvalue weighted by Gasteiger charge is 2.31. The molecule has 2 heterocycles. The smallest absolute Gasteiger partial charge is 0.303 e. The van der Waals surface area contributed by atoms with Crippen molar-refractivity contribution in [3.05, 3.63) is 112 Å². The van der Waals surface area contributed by atoms with Crippen molar-refractivity contribution in [3.63, 3.8) is 0 Å². The Kier molecular flexibility index (Phi) is 7.27. The highest BCUT2D eigenvalue weighted by molar-refractivity contribution is 5.83. The largest absolute Gasteiger partial charge is 0.481 e. The molecule has 10 heteroatoms. The lowest BCUT2D eigenvalue weighted by Crippen LogP contribution is -2.24. The maximum Gasteiger partial charge on any atom is 0.303 e. The van der Waals surface area contributed by atoms with E-state index in [1.165, 1.54) is 60.0 Å². The average Bonchev–Trinajstić information content (AvgIpc) is 3.43. The third-order valence-corrected chi connectivity index (χ3v) is 6.76. The van der Waals surface area contributed by atoms with Crippen molar-refractivity contribution in [2.45, 2.75) is 38.2 Å². The van der Waals surface area contributed by atoms with Gasteiger partial charge in [0.2, 0.25) is 0 Å². The number of rotatable bonds is 9. The molecule has 0 amide bonds. The van der Waals surface area contributed by atoms with Crippen LogP contribution in [0.2, 0.25) is 0 Å². The maximum absolute atomic E-state index is 13.6. The number of carbonyl (C=O) groups is 1. The molecule has 5 rings (SSSR count). The van der Waals surface area contributed by atoms with E-state index in [4.69, 9.17) is 14.6 Å². The topological polar surface area (TPSA) is 118 Å². The molecule has 0 bridgehead atoms. The summed E-state index contributed by atoms with van der Waals surface area (Å²) in [6.45, 7) is 1.51. The number of carboxylic acids is 1. The van der Waals surface area contributed by atoms with Gasteiger partial charge in [-0.1, -0.05) is 23.4 Å². The summed E-state index contributed by atoms with van der Waals surface area (Å²) in [6, 6.07) is 17.4. The van der Waals surface area contributed by atoms with Crippen molar-refractivity contribution >= 4 is 16.9 Å². The number of hydrogen-bond acceptors (Lipinski definition) is 6. The predicted molar refractivity (Wildman–Crippen MR) is 143 cm³/mol. The Hall–Kier alpha value is -4.70. The lowest BCUT2D eigenvalue weighted by molar-refractivity contribution is -0.137. The molecular weight excluding hydrogens is 520 g/mol. The van der Waals surface area contributed by atoms with Gasteiger partial charge in [0.15, 0.2) is 5.76 Å². The van der Waals surface area contributed by atoms with Crippen LogP contribution in [0.5, 0.6) is 0 Å². The van der Waals surface area contributed by atoms with Crippen LogP contribution in [0.25, 0.3) is 27.8 Å². The standard InChI is InChI=1S/C30H25F2N3O5/c1-30(39,19-7-9-20(31)10-8-19)26-17-24(34-40-26)18-6-15-23-25(16-18)33-27(4-2-3-5-28(36)37)35(29(23)38)22-13-11-21(32)12-14-22/h6-17,39H,2-5H2,1H3,(H,36,37)/t30-/m1/s1. The van der Waals surface area contributed by atoms with Crippen molar-refractivity contribution in [3.8, 4) is 16.9 Å². The molecule has 2 aromatic heterocycles. The SMILES string of the molecule is C[C@@](O)(c1ccc(F)cc1)c1cc(-c2ccc3c(=O)n(-c4ccc(F)cc4)c(CCCCC(=O)O)nc3c2)no1. The quantitative estimate of drug-likeness (QED) is 0.239. The minimum absolute atomic E-state index is 0.00526. The van der Waals surface area contributed by atoms with Crippen molar-refractivity contribution in [2.24, 2.45) is 0 Å². The van der Waals surface area contributed by atoms with E-state index >= 15 is 0 Å². The van der Waals surface area contributed by atoms with Crippen LogP contribution in [0.4, 0.5) is 8.78 Å². The van der Waals surface area contributed by atoms with Crippen LogP contribution in [-0.2, 0) is 16.8 Å². The number of benzene rings is 3. The Bertz CT molecular complexity index is 1740. The predicted octanol–water partition coefficient (Wildman–Crippen LogP) is 5.37. The molecule has 3 aromatic carbocycles. The van der Waals surface area contributed by atoms with Crippen molar-refractivity contribution in [1.29, 1.82) is 0 Å².